The van der Waals surface area contributed by atoms with Crippen LogP contribution in [0.15, 0.2) is 29.4 Å². The first-order valence-corrected chi connectivity index (χ1v) is 10.6. The summed E-state index contributed by atoms with van der Waals surface area (Å²) in [5, 5.41) is 0.456. The third-order valence-electron chi connectivity index (χ3n) is 4.52. The Morgan fingerprint density at radius 1 is 1.41 bits per heavy atom. The second-order valence-electron chi connectivity index (χ2n) is 8.49. The van der Waals surface area contributed by atoms with Crippen LogP contribution in [-0.2, 0) is 21.4 Å². The van der Waals surface area contributed by atoms with E-state index in [4.69, 9.17) is 25.8 Å². The van der Waals surface area contributed by atoms with E-state index in [9.17, 15) is 4.79 Å². The molecule has 8 heteroatoms. The fourth-order valence-electron chi connectivity index (χ4n) is 3.01. The minimum Gasteiger partial charge on any atom is -0.496 e. The minimum atomic E-state index is -0.602. The summed E-state index contributed by atoms with van der Waals surface area (Å²) < 4.78 is 18.9. The summed E-state index contributed by atoms with van der Waals surface area (Å²) >= 11 is 7.57. The molecule has 1 saturated heterocycles. The van der Waals surface area contributed by atoms with Crippen LogP contribution in [0.2, 0.25) is 5.02 Å². The van der Waals surface area contributed by atoms with Crippen molar-refractivity contribution < 1.29 is 19.0 Å². The number of rotatable bonds is 4. The average molecular weight is 439 g/mol. The highest BCUT2D eigenvalue weighted by atomic mass is 35.5. The third kappa shape index (κ3) is 5.28. The molecule has 1 atom stereocenters. The van der Waals surface area contributed by atoms with Crippen LogP contribution in [0.5, 0.6) is 5.75 Å². The summed E-state index contributed by atoms with van der Waals surface area (Å²) in [6, 6.07) is 4.92. The number of hydrogen-bond acceptors (Lipinski definition) is 5. The lowest BCUT2D eigenvalue weighted by Crippen LogP contribution is -2.27. The van der Waals surface area contributed by atoms with Crippen LogP contribution in [0.25, 0.3) is 0 Å². The lowest BCUT2D eigenvalue weighted by molar-refractivity contribution is -0.139. The standard InChI is InChI=1S/C21H27ClN2O4S/c1-20(2,3)17-11-24(10-14-12-27-21(4,5)28-14)19(29-17)23-18(25)15-9-13(22)7-8-16(15)26-6/h7-9,11,14H,10,12H2,1-6H3/b23-19-/t14-/m0/s1. The van der Waals surface area contributed by atoms with E-state index in [-0.39, 0.29) is 11.5 Å². The van der Waals surface area contributed by atoms with E-state index in [1.165, 1.54) is 18.4 Å². The maximum absolute atomic E-state index is 12.9. The van der Waals surface area contributed by atoms with Gasteiger partial charge in [-0.25, -0.2) is 0 Å². The van der Waals surface area contributed by atoms with E-state index in [0.29, 0.717) is 34.3 Å². The molecule has 29 heavy (non-hydrogen) atoms. The van der Waals surface area contributed by atoms with Gasteiger partial charge in [0.15, 0.2) is 10.6 Å². The van der Waals surface area contributed by atoms with E-state index in [0.717, 1.165) is 4.88 Å². The average Bonchev–Trinajstić information content (AvgIpc) is 3.17. The predicted molar refractivity (Wildman–Crippen MR) is 114 cm³/mol. The molecule has 0 N–H and O–H groups in total. The zero-order valence-corrected chi connectivity index (χ0v) is 19.2. The number of methoxy groups -OCH3 is 1. The molecule has 1 aliphatic rings. The number of carbonyl (C=O) groups excluding carboxylic acids is 1. The zero-order chi connectivity index (χ0) is 21.4. The van der Waals surface area contributed by atoms with Crippen LogP contribution in [0.4, 0.5) is 0 Å². The van der Waals surface area contributed by atoms with Gasteiger partial charge in [0.05, 0.1) is 25.8 Å². The zero-order valence-electron chi connectivity index (χ0n) is 17.6. The normalized spacial score (nSPS) is 19.6. The van der Waals surface area contributed by atoms with E-state index in [1.54, 1.807) is 18.2 Å². The third-order valence-corrected chi connectivity index (χ3v) is 6.20. The van der Waals surface area contributed by atoms with E-state index < -0.39 is 11.7 Å². The molecule has 0 aliphatic carbocycles. The van der Waals surface area contributed by atoms with Gasteiger partial charge >= 0.3 is 0 Å². The minimum absolute atomic E-state index is 0.0662. The molecule has 6 nitrogen and oxygen atoms in total. The number of benzene rings is 1. The van der Waals surface area contributed by atoms with E-state index in [2.05, 4.69) is 25.8 Å². The van der Waals surface area contributed by atoms with Gasteiger partial charge in [0.1, 0.15) is 11.9 Å². The highest BCUT2D eigenvalue weighted by molar-refractivity contribution is 7.09. The predicted octanol–water partition coefficient (Wildman–Crippen LogP) is 4.40. The molecule has 0 spiro atoms. The van der Waals surface area contributed by atoms with Gasteiger partial charge < -0.3 is 18.8 Å². The maximum atomic E-state index is 12.9. The maximum Gasteiger partial charge on any atom is 0.283 e. The lowest BCUT2D eigenvalue weighted by atomic mass is 9.95. The SMILES string of the molecule is COc1ccc(Cl)cc1C(=O)/N=c1\sc(C(C)(C)C)cn1C[C@H]1COC(C)(C)O1. The van der Waals surface area contributed by atoms with Gasteiger partial charge in [0, 0.05) is 16.1 Å². The molecule has 1 fully saturated rings. The molecule has 1 amide bonds. The fraction of sp³-hybridized carbons (Fsp3) is 0.524. The Morgan fingerprint density at radius 2 is 2.14 bits per heavy atom. The number of aromatic nitrogens is 1. The smallest absolute Gasteiger partial charge is 0.283 e. The van der Waals surface area contributed by atoms with Gasteiger partial charge in [0.25, 0.3) is 5.91 Å². The lowest BCUT2D eigenvalue weighted by Gasteiger charge is -2.17. The number of thiazole rings is 1. The molecule has 1 aliphatic heterocycles. The fourth-order valence-corrected chi connectivity index (χ4v) is 4.24. The summed E-state index contributed by atoms with van der Waals surface area (Å²) in [4.78, 5) is 19.1. The van der Waals surface area contributed by atoms with E-state index >= 15 is 0 Å². The molecule has 1 aromatic carbocycles. The van der Waals surface area contributed by atoms with Crippen molar-refractivity contribution in [2.45, 2.75) is 58.5 Å². The number of amides is 1. The van der Waals surface area contributed by atoms with Crippen molar-refractivity contribution in [3.05, 3.63) is 44.7 Å². The molecule has 0 unspecified atom stereocenters. The Labute approximate surface area is 180 Å². The van der Waals surface area contributed by atoms with Crippen LogP contribution in [0.3, 0.4) is 0 Å². The van der Waals surface area contributed by atoms with Crippen LogP contribution in [-0.4, -0.2) is 36.1 Å². The van der Waals surface area contributed by atoms with Crippen LogP contribution in [0, 0.1) is 0 Å². The Bertz CT molecular complexity index is 972. The van der Waals surface area contributed by atoms with Crippen LogP contribution >= 0.6 is 22.9 Å². The van der Waals surface area contributed by atoms with Crippen molar-refractivity contribution >= 4 is 28.8 Å². The molecule has 158 valence electrons. The molecule has 2 aromatic rings. The van der Waals surface area contributed by atoms with Crippen molar-refractivity contribution in [1.82, 2.24) is 4.57 Å². The second-order valence-corrected chi connectivity index (χ2v) is 9.94. The largest absolute Gasteiger partial charge is 0.496 e. The summed E-state index contributed by atoms with van der Waals surface area (Å²) in [7, 11) is 1.52. The van der Waals surface area contributed by atoms with Crippen molar-refractivity contribution in [3.8, 4) is 5.75 Å². The number of ether oxygens (including phenoxy) is 3. The first-order chi connectivity index (χ1) is 13.5. The molecule has 0 bridgehead atoms. The molecule has 3 rings (SSSR count). The summed E-state index contributed by atoms with van der Waals surface area (Å²) in [5.41, 5.74) is 0.266. The van der Waals surface area contributed by atoms with Gasteiger partial charge in [-0.1, -0.05) is 32.4 Å². The van der Waals surface area contributed by atoms with Crippen molar-refractivity contribution in [1.29, 1.82) is 0 Å². The van der Waals surface area contributed by atoms with Gasteiger partial charge in [-0.15, -0.1) is 11.3 Å². The summed E-state index contributed by atoms with van der Waals surface area (Å²) in [6.45, 7) is 11.2. The molecule has 0 radical (unpaired) electrons. The van der Waals surface area contributed by atoms with Crippen LogP contribution in [0.1, 0.15) is 49.9 Å². The monoisotopic (exact) mass is 438 g/mol. The van der Waals surface area contributed by atoms with E-state index in [1.807, 2.05) is 24.6 Å². The molecule has 2 heterocycles. The Morgan fingerprint density at radius 3 is 2.72 bits per heavy atom. The molecule has 0 saturated carbocycles. The number of nitrogens with zero attached hydrogens (tertiary/aromatic N) is 2. The Hall–Kier alpha value is -1.67. The number of hydrogen-bond donors (Lipinski definition) is 0. The van der Waals surface area contributed by atoms with Crippen molar-refractivity contribution in [3.63, 3.8) is 0 Å². The molecular formula is C21H27ClN2O4S. The van der Waals surface area contributed by atoms with Gasteiger partial charge in [0.2, 0.25) is 0 Å². The molecular weight excluding hydrogens is 412 g/mol. The quantitative estimate of drug-likeness (QED) is 0.709. The topological polar surface area (TPSA) is 62.0 Å². The van der Waals surface area contributed by atoms with Gasteiger partial charge in [-0.05, 0) is 37.5 Å². The van der Waals surface area contributed by atoms with Crippen molar-refractivity contribution in [2.75, 3.05) is 13.7 Å². The Balaban J connectivity index is 2.00. The number of halogens is 1. The highest BCUT2D eigenvalue weighted by Gasteiger charge is 2.33. The van der Waals surface area contributed by atoms with Crippen molar-refractivity contribution in [2.24, 2.45) is 4.99 Å². The molecule has 1 aromatic heterocycles. The first kappa shape index (κ1) is 22.0. The number of carbonyl (C=O) groups is 1. The first-order valence-electron chi connectivity index (χ1n) is 9.43. The summed E-state index contributed by atoms with van der Waals surface area (Å²) in [6.07, 6.45) is 1.93. The van der Waals surface area contributed by atoms with Gasteiger partial charge in [-0.2, -0.15) is 4.99 Å². The highest BCUT2D eigenvalue weighted by Crippen LogP contribution is 2.27. The Kier molecular flexibility index (Phi) is 6.24. The second kappa shape index (κ2) is 8.22. The van der Waals surface area contributed by atoms with Gasteiger partial charge in [-0.3, -0.25) is 4.79 Å². The summed E-state index contributed by atoms with van der Waals surface area (Å²) in [5.74, 6) is -0.559. The van der Waals surface area contributed by atoms with Crippen LogP contribution < -0.4 is 9.54 Å².